The van der Waals surface area contributed by atoms with Gasteiger partial charge in [-0.2, -0.15) is 0 Å². The molecular weight excluding hydrogens is 354 g/mol. The summed E-state index contributed by atoms with van der Waals surface area (Å²) >= 11 is 0. The topological polar surface area (TPSA) is 70.7 Å². The van der Waals surface area contributed by atoms with Crippen LogP contribution in [-0.2, 0) is 9.53 Å². The Bertz CT molecular complexity index is 777. The largest absolute Gasteiger partial charge is 0.383 e. The van der Waals surface area contributed by atoms with Crippen LogP contribution >= 0.6 is 0 Å². The van der Waals surface area contributed by atoms with Crippen molar-refractivity contribution in [2.45, 2.75) is 18.9 Å². The summed E-state index contributed by atoms with van der Waals surface area (Å²) in [5.41, 5.74) is 2.49. The van der Waals surface area contributed by atoms with Crippen LogP contribution in [0.3, 0.4) is 0 Å². The van der Waals surface area contributed by atoms with Gasteiger partial charge in [0.1, 0.15) is 0 Å². The van der Waals surface area contributed by atoms with E-state index in [1.54, 1.807) is 31.4 Å². The number of hydrogen-bond donors (Lipinski definition) is 2. The van der Waals surface area contributed by atoms with Gasteiger partial charge in [-0.15, -0.1) is 0 Å². The summed E-state index contributed by atoms with van der Waals surface area (Å²) in [5, 5.41) is 5.82. The molecule has 0 spiro atoms. The van der Waals surface area contributed by atoms with Crippen molar-refractivity contribution in [2.24, 2.45) is 0 Å². The fourth-order valence-electron chi connectivity index (χ4n) is 3.47. The van der Waals surface area contributed by atoms with Gasteiger partial charge in [0.25, 0.3) is 5.91 Å². The number of rotatable bonds is 8. The summed E-state index contributed by atoms with van der Waals surface area (Å²) in [6.07, 6.45) is 2.00. The van der Waals surface area contributed by atoms with Gasteiger partial charge < -0.3 is 20.3 Å². The Morgan fingerprint density at radius 3 is 2.57 bits per heavy atom. The number of methoxy groups -OCH3 is 1. The Labute approximate surface area is 165 Å². The highest BCUT2D eigenvalue weighted by atomic mass is 16.5. The third-order valence-corrected chi connectivity index (χ3v) is 4.88. The third kappa shape index (κ3) is 5.18. The molecule has 0 bridgehead atoms. The average molecular weight is 381 g/mol. The number of likely N-dealkylation sites (tertiary alicyclic amines) is 1. The summed E-state index contributed by atoms with van der Waals surface area (Å²) in [6.45, 7) is 2.17. The maximum Gasteiger partial charge on any atom is 0.254 e. The van der Waals surface area contributed by atoms with Gasteiger partial charge in [-0.1, -0.05) is 30.3 Å². The first kappa shape index (κ1) is 20.0. The molecule has 1 atom stereocenters. The van der Waals surface area contributed by atoms with Gasteiger partial charge in [0.05, 0.1) is 19.2 Å². The van der Waals surface area contributed by atoms with Gasteiger partial charge in [-0.25, -0.2) is 0 Å². The second kappa shape index (κ2) is 10.0. The molecule has 2 aromatic carbocycles. The summed E-state index contributed by atoms with van der Waals surface area (Å²) < 4.78 is 4.93. The molecule has 6 heteroatoms. The molecule has 0 radical (unpaired) electrons. The number of benzene rings is 2. The van der Waals surface area contributed by atoms with Crippen LogP contribution in [0.15, 0.2) is 54.6 Å². The van der Waals surface area contributed by atoms with Crippen LogP contribution in [-0.4, -0.2) is 50.1 Å². The zero-order chi connectivity index (χ0) is 19.8. The maximum absolute atomic E-state index is 13.0. The standard InChI is InChI=1S/C22H27N3O3/c1-28-15-13-23-16-21(26)24-19-11-9-18(10-12-19)22(27)25-14-5-8-20(25)17-6-3-2-4-7-17/h2-4,6-7,9-12,20,23H,5,8,13-16H2,1H3,(H,24,26). The average Bonchev–Trinajstić information content (AvgIpc) is 3.22. The fraction of sp³-hybridized carbons (Fsp3) is 0.364. The van der Waals surface area contributed by atoms with E-state index in [0.29, 0.717) is 24.4 Å². The van der Waals surface area contributed by atoms with Crippen LogP contribution in [0, 0.1) is 0 Å². The molecule has 6 nitrogen and oxygen atoms in total. The Morgan fingerprint density at radius 2 is 1.86 bits per heavy atom. The third-order valence-electron chi connectivity index (χ3n) is 4.88. The zero-order valence-corrected chi connectivity index (χ0v) is 16.2. The molecule has 0 saturated carbocycles. The molecule has 2 aromatic rings. The zero-order valence-electron chi connectivity index (χ0n) is 16.2. The van der Waals surface area contributed by atoms with Crippen molar-refractivity contribution in [3.05, 3.63) is 65.7 Å². The second-order valence-electron chi connectivity index (χ2n) is 6.86. The minimum absolute atomic E-state index is 0.0328. The normalized spacial score (nSPS) is 16.2. The summed E-state index contributed by atoms with van der Waals surface area (Å²) in [4.78, 5) is 26.8. The molecule has 1 aliphatic rings. The van der Waals surface area contributed by atoms with E-state index < -0.39 is 0 Å². The number of carbonyl (C=O) groups excluding carboxylic acids is 2. The van der Waals surface area contributed by atoms with Crippen molar-refractivity contribution >= 4 is 17.5 Å². The van der Waals surface area contributed by atoms with E-state index in [4.69, 9.17) is 4.74 Å². The number of amides is 2. The van der Waals surface area contributed by atoms with Gasteiger partial charge in [0.2, 0.25) is 5.91 Å². The van der Waals surface area contributed by atoms with E-state index in [-0.39, 0.29) is 24.4 Å². The van der Waals surface area contributed by atoms with Crippen molar-refractivity contribution < 1.29 is 14.3 Å². The molecule has 0 aliphatic carbocycles. The molecule has 1 fully saturated rings. The Hall–Kier alpha value is -2.70. The van der Waals surface area contributed by atoms with Crippen molar-refractivity contribution in [3.63, 3.8) is 0 Å². The van der Waals surface area contributed by atoms with Crippen LogP contribution < -0.4 is 10.6 Å². The predicted molar refractivity (Wildman–Crippen MR) is 109 cm³/mol. The first-order valence-electron chi connectivity index (χ1n) is 9.64. The lowest BCUT2D eigenvalue weighted by molar-refractivity contribution is -0.115. The van der Waals surface area contributed by atoms with E-state index >= 15 is 0 Å². The fourth-order valence-corrected chi connectivity index (χ4v) is 3.47. The van der Waals surface area contributed by atoms with E-state index in [1.807, 2.05) is 23.1 Å². The van der Waals surface area contributed by atoms with Crippen molar-refractivity contribution in [3.8, 4) is 0 Å². The van der Waals surface area contributed by atoms with Gasteiger partial charge >= 0.3 is 0 Å². The molecular formula is C22H27N3O3. The predicted octanol–water partition coefficient (Wildman–Crippen LogP) is 2.84. The van der Waals surface area contributed by atoms with Crippen molar-refractivity contribution in [2.75, 3.05) is 38.7 Å². The van der Waals surface area contributed by atoms with Crippen LogP contribution in [0.5, 0.6) is 0 Å². The Kier molecular flexibility index (Phi) is 7.17. The highest BCUT2D eigenvalue weighted by molar-refractivity contribution is 5.96. The Balaban J connectivity index is 1.58. The van der Waals surface area contributed by atoms with Gasteiger partial charge in [-0.3, -0.25) is 9.59 Å². The van der Waals surface area contributed by atoms with Crippen LogP contribution in [0.4, 0.5) is 5.69 Å². The molecule has 1 unspecified atom stereocenters. The molecule has 1 aliphatic heterocycles. The van der Waals surface area contributed by atoms with Crippen LogP contribution in [0.1, 0.15) is 34.8 Å². The van der Waals surface area contributed by atoms with E-state index in [1.165, 1.54) is 5.56 Å². The highest BCUT2D eigenvalue weighted by Gasteiger charge is 2.30. The number of anilines is 1. The quantitative estimate of drug-likeness (QED) is 0.690. The molecule has 3 rings (SSSR count). The molecule has 0 aromatic heterocycles. The summed E-state index contributed by atoms with van der Waals surface area (Å²) in [5.74, 6) is -0.0932. The maximum atomic E-state index is 13.0. The lowest BCUT2D eigenvalue weighted by Crippen LogP contribution is -2.31. The van der Waals surface area contributed by atoms with Crippen molar-refractivity contribution in [1.82, 2.24) is 10.2 Å². The van der Waals surface area contributed by atoms with Crippen molar-refractivity contribution in [1.29, 1.82) is 0 Å². The minimum atomic E-state index is -0.126. The second-order valence-corrected chi connectivity index (χ2v) is 6.86. The molecule has 28 heavy (non-hydrogen) atoms. The van der Waals surface area contributed by atoms with Gasteiger partial charge in [0.15, 0.2) is 0 Å². The molecule has 148 valence electrons. The summed E-state index contributed by atoms with van der Waals surface area (Å²) in [7, 11) is 1.62. The first-order chi connectivity index (χ1) is 13.7. The molecule has 2 N–H and O–H groups in total. The number of nitrogens with one attached hydrogen (secondary N) is 2. The monoisotopic (exact) mass is 381 g/mol. The van der Waals surface area contributed by atoms with Gasteiger partial charge in [0, 0.05) is 31.5 Å². The summed E-state index contributed by atoms with van der Waals surface area (Å²) in [6, 6.07) is 17.4. The first-order valence-corrected chi connectivity index (χ1v) is 9.64. The molecule has 1 saturated heterocycles. The van der Waals surface area contributed by atoms with E-state index in [9.17, 15) is 9.59 Å². The van der Waals surface area contributed by atoms with E-state index in [2.05, 4.69) is 22.8 Å². The van der Waals surface area contributed by atoms with Crippen LogP contribution in [0.2, 0.25) is 0 Å². The number of nitrogens with zero attached hydrogens (tertiary/aromatic N) is 1. The minimum Gasteiger partial charge on any atom is -0.383 e. The smallest absolute Gasteiger partial charge is 0.254 e. The lowest BCUT2D eigenvalue weighted by atomic mass is 10.0. The Morgan fingerprint density at radius 1 is 1.11 bits per heavy atom. The van der Waals surface area contributed by atoms with Crippen LogP contribution in [0.25, 0.3) is 0 Å². The molecule has 2 amide bonds. The lowest BCUT2D eigenvalue weighted by Gasteiger charge is -2.25. The van der Waals surface area contributed by atoms with E-state index in [0.717, 1.165) is 19.4 Å². The number of hydrogen-bond acceptors (Lipinski definition) is 4. The highest BCUT2D eigenvalue weighted by Crippen LogP contribution is 2.33. The number of ether oxygens (including phenoxy) is 1. The number of carbonyl (C=O) groups is 2. The van der Waals surface area contributed by atoms with Gasteiger partial charge in [-0.05, 0) is 42.7 Å². The SMILES string of the molecule is COCCNCC(=O)Nc1ccc(C(=O)N2CCCC2c2ccccc2)cc1. The molecule has 1 heterocycles.